The van der Waals surface area contributed by atoms with Crippen LogP contribution in [-0.4, -0.2) is 0 Å². The van der Waals surface area contributed by atoms with E-state index in [-0.39, 0.29) is 0 Å². The zero-order valence-corrected chi connectivity index (χ0v) is 36.3. The van der Waals surface area contributed by atoms with Gasteiger partial charge in [0.05, 0.1) is 0 Å². The molecular weight excluding hydrogens is 789 g/mol. The number of rotatable bonds is 11. The van der Waals surface area contributed by atoms with Crippen molar-refractivity contribution in [2.24, 2.45) is 0 Å². The fourth-order valence-electron chi connectivity index (χ4n) is 8.09. The van der Waals surface area contributed by atoms with E-state index < -0.39 is 0 Å². The van der Waals surface area contributed by atoms with Crippen molar-refractivity contribution < 1.29 is 0 Å². The monoisotopic (exact) mass is 832 g/mol. The van der Waals surface area contributed by atoms with Gasteiger partial charge >= 0.3 is 0 Å². The summed E-state index contributed by atoms with van der Waals surface area (Å²) < 4.78 is 0. The number of hydrogen-bond acceptors (Lipinski definition) is 4. The third kappa shape index (κ3) is 8.27. The number of anilines is 6. The Morgan fingerprint density at radius 2 is 0.452 bits per heavy atom. The molecule has 2 nitrogen and oxygen atoms in total. The highest BCUT2D eigenvalue weighted by molar-refractivity contribution is 7.15. The maximum absolute atomic E-state index is 2.32. The van der Waals surface area contributed by atoms with Gasteiger partial charge in [-0.2, -0.15) is 0 Å². The predicted molar refractivity (Wildman–Crippen MR) is 268 cm³/mol. The molecule has 10 aromatic rings. The zero-order chi connectivity index (χ0) is 41.8. The van der Waals surface area contributed by atoms with Gasteiger partial charge in [0, 0.05) is 53.6 Å². The maximum atomic E-state index is 2.32. The molecule has 2 heterocycles. The molecule has 0 saturated heterocycles. The van der Waals surface area contributed by atoms with E-state index in [1.54, 1.807) is 0 Å². The van der Waals surface area contributed by atoms with E-state index in [4.69, 9.17) is 0 Å². The van der Waals surface area contributed by atoms with Gasteiger partial charge in [-0.3, -0.25) is 0 Å². The van der Waals surface area contributed by atoms with Crippen LogP contribution in [0.1, 0.15) is 9.75 Å². The van der Waals surface area contributed by atoms with Crippen molar-refractivity contribution >= 4 is 56.8 Å². The van der Waals surface area contributed by atoms with E-state index >= 15 is 0 Å². The maximum Gasteiger partial charge on any atom is 0.0462 e. The molecule has 0 aliphatic heterocycles. The predicted octanol–water partition coefficient (Wildman–Crippen LogP) is 17.7. The number of aryl methyl sites for hydroxylation is 2. The van der Waals surface area contributed by atoms with Crippen LogP contribution in [0.4, 0.5) is 34.1 Å². The Morgan fingerprint density at radius 1 is 0.226 bits per heavy atom. The highest BCUT2D eigenvalue weighted by atomic mass is 32.1. The molecule has 0 unspecified atom stereocenters. The van der Waals surface area contributed by atoms with Crippen LogP contribution >= 0.6 is 22.7 Å². The first kappa shape index (κ1) is 38.9. The molecule has 0 saturated carbocycles. The molecule has 0 atom stereocenters. The van der Waals surface area contributed by atoms with Crippen LogP contribution in [0.2, 0.25) is 0 Å². The van der Waals surface area contributed by atoms with Crippen molar-refractivity contribution in [2.45, 2.75) is 13.8 Å². The minimum atomic E-state index is 1.10. The molecule has 0 amide bonds. The summed E-state index contributed by atoms with van der Waals surface area (Å²) in [4.78, 5) is 9.92. The molecule has 62 heavy (non-hydrogen) atoms. The Kier molecular flexibility index (Phi) is 10.9. The molecule has 10 rings (SSSR count). The molecule has 8 aromatic carbocycles. The minimum Gasteiger partial charge on any atom is -0.311 e. The second-order valence-corrected chi connectivity index (χ2v) is 18.1. The second kappa shape index (κ2) is 17.4. The van der Waals surface area contributed by atoms with Crippen LogP contribution in [0.25, 0.3) is 54.3 Å². The average Bonchev–Trinajstić information content (AvgIpc) is 3.99. The third-order valence-corrected chi connectivity index (χ3v) is 13.4. The van der Waals surface area contributed by atoms with E-state index in [2.05, 4.69) is 254 Å². The van der Waals surface area contributed by atoms with Gasteiger partial charge in [-0.05, 0) is 155 Å². The Hall–Kier alpha value is -7.24. The quantitative estimate of drug-likeness (QED) is 0.128. The van der Waals surface area contributed by atoms with Gasteiger partial charge in [0.25, 0.3) is 0 Å². The summed E-state index contributed by atoms with van der Waals surface area (Å²) in [5.74, 6) is 0. The molecular formula is C58H44N2S2. The van der Waals surface area contributed by atoms with Crippen LogP contribution in [0.5, 0.6) is 0 Å². The van der Waals surface area contributed by atoms with Gasteiger partial charge in [0.15, 0.2) is 0 Å². The van der Waals surface area contributed by atoms with Crippen LogP contribution in [0.15, 0.2) is 231 Å². The van der Waals surface area contributed by atoms with Crippen molar-refractivity contribution in [2.75, 3.05) is 9.80 Å². The lowest BCUT2D eigenvalue weighted by Gasteiger charge is -2.26. The van der Waals surface area contributed by atoms with E-state index in [1.807, 2.05) is 22.7 Å². The van der Waals surface area contributed by atoms with Crippen molar-refractivity contribution in [3.63, 3.8) is 0 Å². The molecule has 298 valence electrons. The van der Waals surface area contributed by atoms with Gasteiger partial charge < -0.3 is 9.80 Å². The standard InChI is InChI=1S/C58H44N2S2/c1-41-13-39-57(61-41)49-19-15-43(16-20-49)45-23-31-53(32-24-45)59(51-9-5-3-6-10-51)55-35-27-47(28-36-55)48-29-37-56(38-30-48)60(52-11-7-4-8-12-52)54-33-25-46(26-34-54)44-17-21-50(22-18-44)58-40-14-42(2)62-58/h3-40H,1-2H3. The molecule has 0 aliphatic carbocycles. The SMILES string of the molecule is Cc1ccc(-c2ccc(-c3ccc(N(c4ccccc4)c4ccc(-c5ccc(N(c6ccccc6)c6ccc(-c7ccc(-c8ccc(C)s8)cc7)cc6)cc5)cc4)cc3)cc2)s1. The summed E-state index contributed by atoms with van der Waals surface area (Å²) >= 11 is 3.67. The molecule has 0 aliphatic rings. The third-order valence-electron chi connectivity index (χ3n) is 11.4. The summed E-state index contributed by atoms with van der Waals surface area (Å²) in [5.41, 5.74) is 16.3. The summed E-state index contributed by atoms with van der Waals surface area (Å²) in [6.45, 7) is 4.31. The average molecular weight is 833 g/mol. The molecule has 2 aromatic heterocycles. The molecule has 0 spiro atoms. The van der Waals surface area contributed by atoms with Crippen LogP contribution in [-0.2, 0) is 0 Å². The molecule has 0 fully saturated rings. The first-order valence-electron chi connectivity index (χ1n) is 21.0. The van der Waals surface area contributed by atoms with Gasteiger partial charge in [0.1, 0.15) is 0 Å². The number of benzene rings is 8. The summed E-state index contributed by atoms with van der Waals surface area (Å²) in [7, 11) is 0. The normalized spacial score (nSPS) is 11.1. The smallest absolute Gasteiger partial charge is 0.0462 e. The lowest BCUT2D eigenvalue weighted by Crippen LogP contribution is -2.10. The summed E-state index contributed by atoms with van der Waals surface area (Å²) in [6.07, 6.45) is 0. The Labute approximate surface area is 372 Å². The number of nitrogens with zero attached hydrogens (tertiary/aromatic N) is 2. The van der Waals surface area contributed by atoms with Crippen molar-refractivity contribution in [3.05, 3.63) is 240 Å². The fraction of sp³-hybridized carbons (Fsp3) is 0.0345. The lowest BCUT2D eigenvalue weighted by molar-refractivity contribution is 1.28. The number of para-hydroxylation sites is 2. The Morgan fingerprint density at radius 3 is 0.694 bits per heavy atom. The Balaban J connectivity index is 0.886. The van der Waals surface area contributed by atoms with Crippen molar-refractivity contribution in [1.29, 1.82) is 0 Å². The molecule has 0 N–H and O–H groups in total. The van der Waals surface area contributed by atoms with Crippen LogP contribution in [0.3, 0.4) is 0 Å². The zero-order valence-electron chi connectivity index (χ0n) is 34.7. The number of thiophene rings is 2. The van der Waals surface area contributed by atoms with Gasteiger partial charge in [-0.15, -0.1) is 22.7 Å². The van der Waals surface area contributed by atoms with Gasteiger partial charge in [-0.1, -0.05) is 133 Å². The van der Waals surface area contributed by atoms with Crippen LogP contribution < -0.4 is 9.80 Å². The minimum absolute atomic E-state index is 1.10. The molecule has 0 radical (unpaired) electrons. The highest BCUT2D eigenvalue weighted by Gasteiger charge is 2.16. The fourth-order valence-corrected chi connectivity index (χ4v) is 9.84. The van der Waals surface area contributed by atoms with Crippen molar-refractivity contribution in [3.8, 4) is 54.3 Å². The van der Waals surface area contributed by atoms with E-state index in [0.717, 1.165) is 34.1 Å². The van der Waals surface area contributed by atoms with Crippen LogP contribution in [0, 0.1) is 13.8 Å². The van der Waals surface area contributed by atoms with E-state index in [9.17, 15) is 0 Å². The first-order valence-corrected chi connectivity index (χ1v) is 22.6. The topological polar surface area (TPSA) is 6.48 Å². The second-order valence-electron chi connectivity index (χ2n) is 15.5. The van der Waals surface area contributed by atoms with Crippen molar-refractivity contribution in [1.82, 2.24) is 0 Å². The largest absolute Gasteiger partial charge is 0.311 e. The Bertz CT molecular complexity index is 2810. The van der Waals surface area contributed by atoms with E-state index in [0.29, 0.717) is 0 Å². The first-order chi connectivity index (χ1) is 30.5. The summed E-state index contributed by atoms with van der Waals surface area (Å²) in [5, 5.41) is 0. The van der Waals surface area contributed by atoms with E-state index in [1.165, 1.54) is 64.0 Å². The van der Waals surface area contributed by atoms with Gasteiger partial charge in [0.2, 0.25) is 0 Å². The molecule has 0 bridgehead atoms. The number of hydrogen-bond donors (Lipinski definition) is 0. The summed E-state index contributed by atoms with van der Waals surface area (Å²) in [6, 6.07) is 83.4. The van der Waals surface area contributed by atoms with Gasteiger partial charge in [-0.25, -0.2) is 0 Å². The molecule has 4 heteroatoms. The highest BCUT2D eigenvalue weighted by Crippen LogP contribution is 2.40. The lowest BCUT2D eigenvalue weighted by atomic mass is 10.0.